The van der Waals surface area contributed by atoms with Crippen LogP contribution < -0.4 is 0 Å². The van der Waals surface area contributed by atoms with Gasteiger partial charge in [-0.1, -0.05) is 12.1 Å². The van der Waals surface area contributed by atoms with Crippen molar-refractivity contribution in [2.24, 2.45) is 0 Å². The molecule has 1 aliphatic heterocycles. The third-order valence-electron chi connectivity index (χ3n) is 4.06. The second-order valence-electron chi connectivity index (χ2n) is 5.89. The number of piperazine rings is 1. The summed E-state index contributed by atoms with van der Waals surface area (Å²) >= 11 is 0. The number of carbonyl (C=O) groups excluding carboxylic acids is 2. The van der Waals surface area contributed by atoms with E-state index in [4.69, 9.17) is 0 Å². The van der Waals surface area contributed by atoms with Crippen LogP contribution in [0.3, 0.4) is 0 Å². The van der Waals surface area contributed by atoms with Gasteiger partial charge >= 0.3 is 0 Å². The van der Waals surface area contributed by atoms with Crippen molar-refractivity contribution in [3.8, 4) is 0 Å². The van der Waals surface area contributed by atoms with Gasteiger partial charge in [-0.15, -0.1) is 0 Å². The second-order valence-corrected chi connectivity index (χ2v) is 8.36. The van der Waals surface area contributed by atoms with E-state index in [0.29, 0.717) is 26.2 Å². The zero-order chi connectivity index (χ0) is 17.2. The monoisotopic (exact) mass is 338 g/mol. The lowest BCUT2D eigenvalue weighted by molar-refractivity contribution is -0.130. The second kappa shape index (κ2) is 6.70. The van der Waals surface area contributed by atoms with Crippen LogP contribution in [0.4, 0.5) is 0 Å². The summed E-state index contributed by atoms with van der Waals surface area (Å²) in [5, 5.41) is -0.592. The molecule has 0 atom stereocenters. The molecule has 0 aromatic heterocycles. The number of hydrogen-bond donors (Lipinski definition) is 0. The molecule has 23 heavy (non-hydrogen) atoms. The zero-order valence-corrected chi connectivity index (χ0v) is 14.5. The van der Waals surface area contributed by atoms with Gasteiger partial charge < -0.3 is 9.80 Å². The van der Waals surface area contributed by atoms with Crippen LogP contribution in [0.1, 0.15) is 31.1 Å². The molecule has 1 heterocycles. The molecular formula is C16H22N2O4S. The summed E-state index contributed by atoms with van der Waals surface area (Å²) in [6.45, 7) is 6.47. The fourth-order valence-electron chi connectivity index (χ4n) is 2.54. The lowest BCUT2D eigenvalue weighted by Gasteiger charge is -2.34. The predicted octanol–water partition coefficient (Wildman–Crippen LogP) is 1.17. The average Bonchev–Trinajstić information content (AvgIpc) is 2.54. The van der Waals surface area contributed by atoms with E-state index in [2.05, 4.69) is 0 Å². The number of benzene rings is 1. The molecule has 2 amide bonds. The molecule has 0 unspecified atom stereocenters. The Morgan fingerprint density at radius 2 is 1.52 bits per heavy atom. The molecule has 0 aliphatic carbocycles. The lowest BCUT2D eigenvalue weighted by Crippen LogP contribution is -2.50. The molecule has 126 valence electrons. The number of sulfone groups is 1. The molecule has 0 saturated carbocycles. The first kappa shape index (κ1) is 17.5. The van der Waals surface area contributed by atoms with E-state index in [1.165, 1.54) is 13.0 Å². The topological polar surface area (TPSA) is 74.8 Å². The fourth-order valence-corrected chi connectivity index (χ4v) is 3.78. The van der Waals surface area contributed by atoms with E-state index in [9.17, 15) is 18.0 Å². The Morgan fingerprint density at radius 1 is 1.00 bits per heavy atom. The van der Waals surface area contributed by atoms with Gasteiger partial charge in [0, 0.05) is 33.1 Å². The van der Waals surface area contributed by atoms with Crippen LogP contribution in [-0.4, -0.2) is 61.5 Å². The Labute approximate surface area is 137 Å². The van der Waals surface area contributed by atoms with Gasteiger partial charge in [0.05, 0.1) is 15.7 Å². The van der Waals surface area contributed by atoms with Gasteiger partial charge in [-0.3, -0.25) is 9.59 Å². The zero-order valence-electron chi connectivity index (χ0n) is 13.7. The van der Waals surface area contributed by atoms with E-state index >= 15 is 0 Å². The van der Waals surface area contributed by atoms with Gasteiger partial charge in [0.2, 0.25) is 5.91 Å². The van der Waals surface area contributed by atoms with Gasteiger partial charge in [0.15, 0.2) is 9.84 Å². The summed E-state index contributed by atoms with van der Waals surface area (Å²) in [5.74, 6) is -0.312. The number of amides is 2. The summed E-state index contributed by atoms with van der Waals surface area (Å²) in [4.78, 5) is 27.4. The third-order valence-corrected chi connectivity index (χ3v) is 6.27. The minimum Gasteiger partial charge on any atom is -0.339 e. The van der Waals surface area contributed by atoms with Crippen LogP contribution in [0.2, 0.25) is 0 Å². The van der Waals surface area contributed by atoms with E-state index in [1.54, 1.807) is 41.8 Å². The van der Waals surface area contributed by atoms with E-state index in [0.717, 1.165) is 0 Å². The Balaban J connectivity index is 2.27. The quantitative estimate of drug-likeness (QED) is 0.829. The van der Waals surface area contributed by atoms with Crippen molar-refractivity contribution in [2.75, 3.05) is 26.2 Å². The Hall–Kier alpha value is -1.89. The molecule has 1 fully saturated rings. The standard InChI is InChI=1S/C16H22N2O4S/c1-12(2)23(21,22)15-7-5-4-6-14(15)16(20)18-10-8-17(9-11-18)13(3)19/h4-7,12H,8-11H2,1-3H3. The molecule has 6 nitrogen and oxygen atoms in total. The SMILES string of the molecule is CC(=O)N1CCN(C(=O)c2ccccc2S(=O)(=O)C(C)C)CC1. The minimum atomic E-state index is -3.53. The number of carbonyl (C=O) groups is 2. The Morgan fingerprint density at radius 3 is 2.04 bits per heavy atom. The van der Waals surface area contributed by atoms with Gasteiger partial charge in [-0.25, -0.2) is 8.42 Å². The normalized spacial score (nSPS) is 15.8. The first-order chi connectivity index (χ1) is 10.7. The van der Waals surface area contributed by atoms with Crippen LogP contribution in [0.25, 0.3) is 0 Å². The number of nitrogens with zero attached hydrogens (tertiary/aromatic N) is 2. The molecular weight excluding hydrogens is 316 g/mol. The van der Waals surface area contributed by atoms with Crippen LogP contribution in [0, 0.1) is 0 Å². The van der Waals surface area contributed by atoms with Crippen molar-refractivity contribution in [3.05, 3.63) is 29.8 Å². The van der Waals surface area contributed by atoms with Crippen molar-refractivity contribution < 1.29 is 18.0 Å². The summed E-state index contributed by atoms with van der Waals surface area (Å²) in [6.07, 6.45) is 0. The minimum absolute atomic E-state index is 0.0140. The summed E-state index contributed by atoms with van der Waals surface area (Å²) < 4.78 is 24.9. The summed E-state index contributed by atoms with van der Waals surface area (Å²) in [7, 11) is -3.53. The van der Waals surface area contributed by atoms with Gasteiger partial charge in [0.1, 0.15) is 0 Å². The maximum Gasteiger partial charge on any atom is 0.255 e. The number of rotatable bonds is 3. The summed E-state index contributed by atoms with van der Waals surface area (Å²) in [5.41, 5.74) is 0.206. The predicted molar refractivity (Wildman–Crippen MR) is 86.9 cm³/mol. The summed E-state index contributed by atoms with van der Waals surface area (Å²) in [6, 6.07) is 6.32. The smallest absolute Gasteiger partial charge is 0.255 e. The molecule has 1 aromatic carbocycles. The molecule has 0 spiro atoms. The number of hydrogen-bond acceptors (Lipinski definition) is 4. The highest BCUT2D eigenvalue weighted by Gasteiger charge is 2.29. The highest BCUT2D eigenvalue weighted by atomic mass is 32.2. The average molecular weight is 338 g/mol. The van der Waals surface area contributed by atoms with Crippen LogP contribution in [0.5, 0.6) is 0 Å². The molecule has 0 radical (unpaired) electrons. The lowest BCUT2D eigenvalue weighted by atomic mass is 10.2. The van der Waals surface area contributed by atoms with E-state index in [-0.39, 0.29) is 22.3 Å². The van der Waals surface area contributed by atoms with Crippen LogP contribution in [-0.2, 0) is 14.6 Å². The first-order valence-corrected chi connectivity index (χ1v) is 9.17. The Bertz CT molecular complexity index is 705. The first-order valence-electron chi connectivity index (χ1n) is 7.63. The van der Waals surface area contributed by atoms with Gasteiger partial charge in [-0.2, -0.15) is 0 Å². The molecule has 2 rings (SSSR count). The van der Waals surface area contributed by atoms with Crippen molar-refractivity contribution in [1.29, 1.82) is 0 Å². The molecule has 1 aromatic rings. The molecule has 0 bridgehead atoms. The highest BCUT2D eigenvalue weighted by Crippen LogP contribution is 2.22. The molecule has 0 N–H and O–H groups in total. The van der Waals surface area contributed by atoms with Gasteiger partial charge in [-0.05, 0) is 26.0 Å². The molecule has 1 aliphatic rings. The van der Waals surface area contributed by atoms with Crippen molar-refractivity contribution >= 4 is 21.7 Å². The van der Waals surface area contributed by atoms with E-state index < -0.39 is 15.1 Å². The molecule has 7 heteroatoms. The third kappa shape index (κ3) is 3.55. The van der Waals surface area contributed by atoms with E-state index in [1.807, 2.05) is 0 Å². The largest absolute Gasteiger partial charge is 0.339 e. The van der Waals surface area contributed by atoms with Crippen molar-refractivity contribution in [2.45, 2.75) is 30.9 Å². The Kier molecular flexibility index (Phi) is 5.09. The fraction of sp³-hybridized carbons (Fsp3) is 0.500. The maximum atomic E-state index is 12.7. The highest BCUT2D eigenvalue weighted by molar-refractivity contribution is 7.92. The van der Waals surface area contributed by atoms with Crippen LogP contribution in [0.15, 0.2) is 29.2 Å². The van der Waals surface area contributed by atoms with Gasteiger partial charge in [0.25, 0.3) is 5.91 Å². The maximum absolute atomic E-state index is 12.7. The molecule has 1 saturated heterocycles. The van der Waals surface area contributed by atoms with Crippen molar-refractivity contribution in [3.63, 3.8) is 0 Å². The van der Waals surface area contributed by atoms with Crippen LogP contribution >= 0.6 is 0 Å². The van der Waals surface area contributed by atoms with Crippen molar-refractivity contribution in [1.82, 2.24) is 9.80 Å².